The molecule has 6 heteroatoms. The van der Waals surface area contributed by atoms with Crippen molar-refractivity contribution < 1.29 is 19.4 Å². The molecule has 0 aromatic heterocycles. The van der Waals surface area contributed by atoms with E-state index in [1.54, 1.807) is 4.90 Å². The van der Waals surface area contributed by atoms with Crippen LogP contribution in [-0.2, 0) is 9.53 Å². The second-order valence-corrected chi connectivity index (χ2v) is 6.31. The topological polar surface area (TPSA) is 70.1 Å². The Labute approximate surface area is 119 Å². The summed E-state index contributed by atoms with van der Waals surface area (Å²) in [5.74, 6) is -0.978. The molecule has 2 heterocycles. The Morgan fingerprint density at radius 2 is 1.80 bits per heavy atom. The van der Waals surface area contributed by atoms with Gasteiger partial charge in [0.2, 0.25) is 0 Å². The van der Waals surface area contributed by atoms with Gasteiger partial charge < -0.3 is 19.6 Å². The van der Waals surface area contributed by atoms with E-state index < -0.39 is 11.6 Å². The van der Waals surface area contributed by atoms with Crippen molar-refractivity contribution in [2.75, 3.05) is 19.7 Å². The van der Waals surface area contributed by atoms with E-state index in [1.807, 2.05) is 11.8 Å². The maximum atomic E-state index is 12.5. The fourth-order valence-corrected chi connectivity index (χ4v) is 3.19. The summed E-state index contributed by atoms with van der Waals surface area (Å²) in [4.78, 5) is 26.7. The van der Waals surface area contributed by atoms with E-state index in [0.717, 1.165) is 12.8 Å². The SMILES string of the molecule is CC1CCCC(C)N1C(=O)N1CC(C)(OCC(=O)O)C1. The largest absolute Gasteiger partial charge is 0.480 e. The Morgan fingerprint density at radius 1 is 1.25 bits per heavy atom. The number of piperidine rings is 1. The highest BCUT2D eigenvalue weighted by Crippen LogP contribution is 2.30. The van der Waals surface area contributed by atoms with E-state index in [1.165, 1.54) is 6.42 Å². The van der Waals surface area contributed by atoms with Crippen molar-refractivity contribution in [2.45, 2.75) is 57.7 Å². The molecule has 20 heavy (non-hydrogen) atoms. The summed E-state index contributed by atoms with van der Waals surface area (Å²) >= 11 is 0. The Hall–Kier alpha value is -1.30. The Bertz CT molecular complexity index is 383. The molecule has 0 bridgehead atoms. The number of carboxylic acid groups (broad SMARTS) is 1. The maximum Gasteiger partial charge on any atom is 0.329 e. The third-order valence-electron chi connectivity index (χ3n) is 4.28. The molecule has 2 saturated heterocycles. The minimum Gasteiger partial charge on any atom is -0.480 e. The van der Waals surface area contributed by atoms with E-state index in [4.69, 9.17) is 9.84 Å². The van der Waals surface area contributed by atoms with Gasteiger partial charge in [0, 0.05) is 12.1 Å². The van der Waals surface area contributed by atoms with Crippen molar-refractivity contribution in [3.05, 3.63) is 0 Å². The van der Waals surface area contributed by atoms with Gasteiger partial charge in [-0.25, -0.2) is 9.59 Å². The monoisotopic (exact) mass is 284 g/mol. The van der Waals surface area contributed by atoms with Gasteiger partial charge in [-0.05, 0) is 40.0 Å². The van der Waals surface area contributed by atoms with E-state index in [-0.39, 0.29) is 24.7 Å². The van der Waals surface area contributed by atoms with Crippen LogP contribution >= 0.6 is 0 Å². The van der Waals surface area contributed by atoms with Crippen LogP contribution in [0.4, 0.5) is 4.79 Å². The third-order valence-corrected chi connectivity index (χ3v) is 4.28. The van der Waals surface area contributed by atoms with Gasteiger partial charge in [-0.1, -0.05) is 0 Å². The smallest absolute Gasteiger partial charge is 0.329 e. The zero-order chi connectivity index (χ0) is 14.9. The number of nitrogens with zero attached hydrogens (tertiary/aromatic N) is 2. The van der Waals surface area contributed by atoms with Gasteiger partial charge in [0.1, 0.15) is 12.2 Å². The standard InChI is InChI=1S/C14H24N2O4/c1-10-5-4-6-11(2)16(10)13(19)15-8-14(3,9-15)20-7-12(17)18/h10-11H,4-9H2,1-3H3,(H,17,18). The van der Waals surface area contributed by atoms with Crippen molar-refractivity contribution in [1.29, 1.82) is 0 Å². The molecule has 0 aliphatic carbocycles. The molecule has 1 N–H and O–H groups in total. The van der Waals surface area contributed by atoms with Crippen LogP contribution in [0.3, 0.4) is 0 Å². The molecule has 2 fully saturated rings. The van der Waals surface area contributed by atoms with Gasteiger partial charge in [0.15, 0.2) is 0 Å². The predicted octanol–water partition coefficient (Wildman–Crippen LogP) is 1.54. The van der Waals surface area contributed by atoms with Crippen LogP contribution in [0.25, 0.3) is 0 Å². The number of urea groups is 1. The third kappa shape index (κ3) is 3.06. The lowest BCUT2D eigenvalue weighted by Crippen LogP contribution is -2.67. The lowest BCUT2D eigenvalue weighted by Gasteiger charge is -2.51. The number of carbonyl (C=O) groups is 2. The first-order valence-corrected chi connectivity index (χ1v) is 7.25. The summed E-state index contributed by atoms with van der Waals surface area (Å²) < 4.78 is 5.34. The summed E-state index contributed by atoms with van der Waals surface area (Å²) in [6.07, 6.45) is 3.28. The first-order chi connectivity index (χ1) is 9.32. The van der Waals surface area contributed by atoms with Crippen molar-refractivity contribution >= 4 is 12.0 Å². The number of carboxylic acids is 1. The number of hydrogen-bond acceptors (Lipinski definition) is 3. The Kier molecular flexibility index (Phi) is 4.22. The zero-order valence-electron chi connectivity index (χ0n) is 12.5. The molecule has 0 spiro atoms. The lowest BCUT2D eigenvalue weighted by molar-refractivity contribution is -0.160. The van der Waals surface area contributed by atoms with Gasteiger partial charge in [0.05, 0.1) is 13.1 Å². The minimum absolute atomic E-state index is 0.0566. The van der Waals surface area contributed by atoms with Crippen molar-refractivity contribution in [3.8, 4) is 0 Å². The highest BCUT2D eigenvalue weighted by Gasteiger charge is 2.45. The highest BCUT2D eigenvalue weighted by atomic mass is 16.5. The minimum atomic E-state index is -0.978. The van der Waals surface area contributed by atoms with Crippen LogP contribution in [0, 0.1) is 0 Å². The molecule has 114 valence electrons. The van der Waals surface area contributed by atoms with Crippen molar-refractivity contribution in [1.82, 2.24) is 9.80 Å². The van der Waals surface area contributed by atoms with Gasteiger partial charge in [-0.15, -0.1) is 0 Å². The molecule has 2 rings (SSSR count). The van der Waals surface area contributed by atoms with Crippen LogP contribution < -0.4 is 0 Å². The zero-order valence-corrected chi connectivity index (χ0v) is 12.5. The Morgan fingerprint density at radius 3 is 2.30 bits per heavy atom. The second kappa shape index (κ2) is 5.60. The highest BCUT2D eigenvalue weighted by molar-refractivity contribution is 5.76. The first-order valence-electron chi connectivity index (χ1n) is 7.25. The number of hydrogen-bond donors (Lipinski definition) is 1. The second-order valence-electron chi connectivity index (χ2n) is 6.31. The molecule has 0 aromatic rings. The number of carbonyl (C=O) groups excluding carboxylic acids is 1. The van der Waals surface area contributed by atoms with Gasteiger partial charge >= 0.3 is 12.0 Å². The number of likely N-dealkylation sites (tertiary alicyclic amines) is 2. The summed E-state index contributed by atoms with van der Waals surface area (Å²) in [7, 11) is 0. The fraction of sp³-hybridized carbons (Fsp3) is 0.857. The first kappa shape index (κ1) is 15.1. The number of amides is 2. The van der Waals surface area contributed by atoms with E-state index in [2.05, 4.69) is 13.8 Å². The lowest BCUT2D eigenvalue weighted by atomic mass is 9.94. The van der Waals surface area contributed by atoms with Gasteiger partial charge in [-0.2, -0.15) is 0 Å². The molecule has 2 aliphatic rings. The molecule has 2 amide bonds. The normalized spacial score (nSPS) is 28.9. The summed E-state index contributed by atoms with van der Waals surface area (Å²) in [5.41, 5.74) is -0.518. The van der Waals surface area contributed by atoms with Crippen LogP contribution in [0.1, 0.15) is 40.0 Å². The molecule has 2 unspecified atom stereocenters. The van der Waals surface area contributed by atoms with Gasteiger partial charge in [0.25, 0.3) is 0 Å². The van der Waals surface area contributed by atoms with Crippen LogP contribution in [0.15, 0.2) is 0 Å². The molecule has 0 saturated carbocycles. The maximum absolute atomic E-state index is 12.5. The van der Waals surface area contributed by atoms with Crippen LogP contribution in [-0.4, -0.2) is 64.3 Å². The van der Waals surface area contributed by atoms with Gasteiger partial charge in [-0.3, -0.25) is 0 Å². The van der Waals surface area contributed by atoms with E-state index in [0.29, 0.717) is 13.1 Å². The summed E-state index contributed by atoms with van der Waals surface area (Å²) in [5, 5.41) is 8.63. The molecule has 2 atom stereocenters. The molecule has 0 aromatic carbocycles. The van der Waals surface area contributed by atoms with Crippen LogP contribution in [0.2, 0.25) is 0 Å². The average Bonchev–Trinajstić information content (AvgIpc) is 2.32. The molecule has 6 nitrogen and oxygen atoms in total. The number of rotatable bonds is 3. The average molecular weight is 284 g/mol. The molecule has 2 aliphatic heterocycles. The number of ether oxygens (including phenoxy) is 1. The van der Waals surface area contributed by atoms with Crippen molar-refractivity contribution in [2.24, 2.45) is 0 Å². The summed E-state index contributed by atoms with van der Waals surface area (Å²) in [6, 6.07) is 0.609. The quantitative estimate of drug-likeness (QED) is 0.853. The fourth-order valence-electron chi connectivity index (χ4n) is 3.19. The van der Waals surface area contributed by atoms with E-state index in [9.17, 15) is 9.59 Å². The molecular formula is C14H24N2O4. The van der Waals surface area contributed by atoms with Crippen LogP contribution in [0.5, 0.6) is 0 Å². The van der Waals surface area contributed by atoms with Crippen molar-refractivity contribution in [3.63, 3.8) is 0 Å². The molecule has 0 radical (unpaired) electrons. The molecular weight excluding hydrogens is 260 g/mol. The predicted molar refractivity (Wildman–Crippen MR) is 73.6 cm³/mol. The Balaban J connectivity index is 1.88. The number of aliphatic carboxylic acids is 1. The van der Waals surface area contributed by atoms with E-state index >= 15 is 0 Å². The summed E-state index contributed by atoms with van der Waals surface area (Å²) in [6.45, 7) is 6.66.